The Morgan fingerprint density at radius 1 is 1.32 bits per heavy atom. The van der Waals surface area contributed by atoms with Gasteiger partial charge < -0.3 is 0 Å². The molecule has 2 aliphatic rings. The van der Waals surface area contributed by atoms with E-state index in [0.29, 0.717) is 12.6 Å². The van der Waals surface area contributed by atoms with E-state index in [1.807, 2.05) is 11.4 Å². The van der Waals surface area contributed by atoms with Crippen LogP contribution in [-0.4, -0.2) is 29.8 Å². The van der Waals surface area contributed by atoms with Crippen LogP contribution >= 0.6 is 27.3 Å². The fourth-order valence-electron chi connectivity index (χ4n) is 3.67. The van der Waals surface area contributed by atoms with Gasteiger partial charge in [0, 0.05) is 10.5 Å². The topological polar surface area (TPSA) is 20.3 Å². The van der Waals surface area contributed by atoms with Crippen LogP contribution in [0.2, 0.25) is 0 Å². The third-order valence-electron chi connectivity index (χ3n) is 4.58. The summed E-state index contributed by atoms with van der Waals surface area (Å²) in [5.74, 6) is 1.13. The van der Waals surface area contributed by atoms with Gasteiger partial charge in [0.25, 0.3) is 0 Å². The molecule has 1 saturated carbocycles. The first kappa shape index (κ1) is 13.8. The minimum Gasteiger partial charge on any atom is -0.293 e. The van der Waals surface area contributed by atoms with E-state index in [0.717, 1.165) is 21.8 Å². The molecule has 3 rings (SSSR count). The zero-order valence-corrected chi connectivity index (χ0v) is 13.5. The summed E-state index contributed by atoms with van der Waals surface area (Å²) >= 11 is 5.02. The second-order valence-corrected chi connectivity index (χ2v) is 7.52. The highest BCUT2D eigenvalue weighted by molar-refractivity contribution is 9.10. The Morgan fingerprint density at radius 3 is 2.89 bits per heavy atom. The summed E-state index contributed by atoms with van der Waals surface area (Å²) < 4.78 is 0.958. The number of piperidine rings is 1. The minimum atomic E-state index is 0.285. The molecule has 1 aliphatic heterocycles. The van der Waals surface area contributed by atoms with Crippen molar-refractivity contribution in [3.05, 3.63) is 20.8 Å². The van der Waals surface area contributed by atoms with Gasteiger partial charge in [0.1, 0.15) is 0 Å². The van der Waals surface area contributed by atoms with Crippen molar-refractivity contribution in [1.29, 1.82) is 0 Å². The number of halogens is 1. The van der Waals surface area contributed by atoms with Gasteiger partial charge in [-0.25, -0.2) is 0 Å². The molecule has 0 bridgehead atoms. The fourth-order valence-corrected chi connectivity index (χ4v) is 5.20. The maximum absolute atomic E-state index is 12.4. The normalized spacial score (nSPS) is 28.1. The largest absolute Gasteiger partial charge is 0.293 e. The van der Waals surface area contributed by atoms with Crippen molar-refractivity contribution < 1.29 is 4.79 Å². The SMILES string of the molecule is O=C(CN1CCC[C@H]2CCCC[C@H]21)c1sccc1Br. The highest BCUT2D eigenvalue weighted by Gasteiger charge is 2.34. The van der Waals surface area contributed by atoms with E-state index in [9.17, 15) is 4.79 Å². The number of nitrogens with zero attached hydrogens (tertiary/aromatic N) is 1. The number of hydrogen-bond donors (Lipinski definition) is 0. The molecule has 1 saturated heterocycles. The zero-order valence-electron chi connectivity index (χ0n) is 11.1. The Bertz CT molecular complexity index is 457. The molecule has 2 heterocycles. The van der Waals surface area contributed by atoms with Crippen LogP contribution in [0.1, 0.15) is 48.2 Å². The first-order valence-electron chi connectivity index (χ1n) is 7.26. The molecule has 1 aliphatic carbocycles. The van der Waals surface area contributed by atoms with Gasteiger partial charge in [-0.15, -0.1) is 11.3 Å². The maximum Gasteiger partial charge on any atom is 0.187 e. The van der Waals surface area contributed by atoms with Crippen LogP contribution in [0.25, 0.3) is 0 Å². The van der Waals surface area contributed by atoms with Crippen LogP contribution < -0.4 is 0 Å². The van der Waals surface area contributed by atoms with Gasteiger partial charge in [-0.05, 0) is 65.5 Å². The molecule has 0 radical (unpaired) electrons. The van der Waals surface area contributed by atoms with Crippen molar-refractivity contribution in [2.24, 2.45) is 5.92 Å². The molecule has 0 spiro atoms. The average molecular weight is 342 g/mol. The number of thiophene rings is 1. The highest BCUT2D eigenvalue weighted by atomic mass is 79.9. The molecular formula is C15H20BrNOS. The van der Waals surface area contributed by atoms with Crippen LogP contribution in [0.3, 0.4) is 0 Å². The number of fused-ring (bicyclic) bond motifs is 1. The molecule has 4 heteroatoms. The van der Waals surface area contributed by atoms with Gasteiger partial charge in [-0.1, -0.05) is 12.8 Å². The number of hydrogen-bond acceptors (Lipinski definition) is 3. The molecule has 0 unspecified atom stereocenters. The van der Waals surface area contributed by atoms with Crippen LogP contribution in [0.15, 0.2) is 15.9 Å². The van der Waals surface area contributed by atoms with E-state index in [4.69, 9.17) is 0 Å². The van der Waals surface area contributed by atoms with E-state index in [-0.39, 0.29) is 5.78 Å². The fraction of sp³-hybridized carbons (Fsp3) is 0.667. The number of likely N-dealkylation sites (tertiary alicyclic amines) is 1. The van der Waals surface area contributed by atoms with Crippen LogP contribution in [0.4, 0.5) is 0 Å². The van der Waals surface area contributed by atoms with Crippen molar-refractivity contribution in [2.75, 3.05) is 13.1 Å². The molecule has 0 aromatic carbocycles. The molecule has 0 N–H and O–H groups in total. The van der Waals surface area contributed by atoms with Crippen molar-refractivity contribution >= 4 is 33.0 Å². The summed E-state index contributed by atoms with van der Waals surface area (Å²) in [4.78, 5) is 15.8. The molecule has 1 aromatic rings. The Morgan fingerprint density at radius 2 is 2.11 bits per heavy atom. The van der Waals surface area contributed by atoms with Crippen molar-refractivity contribution in [1.82, 2.24) is 4.90 Å². The molecule has 0 amide bonds. The summed E-state index contributed by atoms with van der Waals surface area (Å²) in [6.45, 7) is 1.72. The summed E-state index contributed by atoms with van der Waals surface area (Å²) in [6, 6.07) is 2.64. The van der Waals surface area contributed by atoms with Crippen molar-refractivity contribution in [2.45, 2.75) is 44.6 Å². The first-order chi connectivity index (χ1) is 9.25. The Kier molecular flexibility index (Phi) is 4.40. The number of rotatable bonds is 3. The molecular weight excluding hydrogens is 322 g/mol. The molecule has 2 nitrogen and oxygen atoms in total. The lowest BCUT2D eigenvalue weighted by Gasteiger charge is -2.43. The summed E-state index contributed by atoms with van der Waals surface area (Å²) in [7, 11) is 0. The van der Waals surface area contributed by atoms with Gasteiger partial charge in [0.05, 0.1) is 11.4 Å². The van der Waals surface area contributed by atoms with Crippen molar-refractivity contribution in [3.8, 4) is 0 Å². The van der Waals surface area contributed by atoms with Gasteiger partial charge >= 0.3 is 0 Å². The first-order valence-corrected chi connectivity index (χ1v) is 8.93. The standard InChI is InChI=1S/C15H20BrNOS/c16-12-7-9-19-15(12)14(18)10-17-8-3-5-11-4-1-2-6-13(11)17/h7,9,11,13H,1-6,8,10H2/t11-,13-/m1/s1. The summed E-state index contributed by atoms with van der Waals surface area (Å²) in [5.41, 5.74) is 0. The highest BCUT2D eigenvalue weighted by Crippen LogP contribution is 2.35. The Hall–Kier alpha value is -0.190. The maximum atomic E-state index is 12.4. The van der Waals surface area contributed by atoms with Crippen LogP contribution in [-0.2, 0) is 0 Å². The average Bonchev–Trinajstić information content (AvgIpc) is 2.85. The van der Waals surface area contributed by atoms with Gasteiger partial charge in [-0.3, -0.25) is 9.69 Å². The smallest absolute Gasteiger partial charge is 0.187 e. The predicted octanol–water partition coefficient (Wildman–Crippen LogP) is 4.35. The van der Waals surface area contributed by atoms with E-state index in [1.54, 1.807) is 11.3 Å². The van der Waals surface area contributed by atoms with Crippen LogP contribution in [0.5, 0.6) is 0 Å². The lowest BCUT2D eigenvalue weighted by Crippen LogP contribution is -2.48. The Balaban J connectivity index is 1.68. The monoisotopic (exact) mass is 341 g/mol. The molecule has 2 atom stereocenters. The van der Waals surface area contributed by atoms with Gasteiger partial charge in [0.2, 0.25) is 0 Å². The number of carbonyl (C=O) groups excluding carboxylic acids is 1. The second kappa shape index (κ2) is 6.06. The summed E-state index contributed by atoms with van der Waals surface area (Å²) in [5, 5.41) is 1.98. The Labute approximate surface area is 127 Å². The van der Waals surface area contributed by atoms with E-state index in [1.165, 1.54) is 38.5 Å². The number of ketones is 1. The third kappa shape index (κ3) is 2.96. The zero-order chi connectivity index (χ0) is 13.2. The number of carbonyl (C=O) groups is 1. The van der Waals surface area contributed by atoms with Crippen LogP contribution in [0, 0.1) is 5.92 Å². The van der Waals surface area contributed by atoms with Crippen molar-refractivity contribution in [3.63, 3.8) is 0 Å². The summed E-state index contributed by atoms with van der Waals surface area (Å²) in [6.07, 6.45) is 8.04. The van der Waals surface area contributed by atoms with Gasteiger partial charge in [0.15, 0.2) is 5.78 Å². The quantitative estimate of drug-likeness (QED) is 0.761. The molecule has 2 fully saturated rings. The van der Waals surface area contributed by atoms with E-state index < -0.39 is 0 Å². The predicted molar refractivity (Wildman–Crippen MR) is 82.9 cm³/mol. The molecule has 1 aromatic heterocycles. The lowest BCUT2D eigenvalue weighted by molar-refractivity contribution is 0.0541. The second-order valence-electron chi connectivity index (χ2n) is 5.75. The molecule has 19 heavy (non-hydrogen) atoms. The van der Waals surface area contributed by atoms with Gasteiger partial charge in [-0.2, -0.15) is 0 Å². The van der Waals surface area contributed by atoms with E-state index >= 15 is 0 Å². The third-order valence-corrected chi connectivity index (χ3v) is 6.45. The number of Topliss-reactive ketones (excluding diaryl/α,β-unsaturated/α-hetero) is 1. The lowest BCUT2D eigenvalue weighted by atomic mass is 9.78. The molecule has 104 valence electrons. The minimum absolute atomic E-state index is 0.285. The van der Waals surface area contributed by atoms with E-state index in [2.05, 4.69) is 20.8 Å².